The number of para-hydroxylation sites is 3. The smallest absolute Gasteiger partial charge is 0.145 e. The summed E-state index contributed by atoms with van der Waals surface area (Å²) in [7, 11) is 0. The first-order valence-electron chi connectivity index (χ1n) is 14.5. The van der Waals surface area contributed by atoms with E-state index < -0.39 is 0 Å². The molecule has 1 heterocycles. The number of nitriles is 1. The van der Waals surface area contributed by atoms with Gasteiger partial charge in [-0.05, 0) is 94.0 Å². The monoisotopic (exact) mass is 551 g/mol. The molecule has 0 radical (unpaired) electrons. The van der Waals surface area contributed by atoms with Gasteiger partial charge in [0.2, 0.25) is 0 Å². The van der Waals surface area contributed by atoms with E-state index in [4.69, 9.17) is 4.98 Å². The van der Waals surface area contributed by atoms with E-state index in [0.717, 1.165) is 44.8 Å². The van der Waals surface area contributed by atoms with Crippen molar-refractivity contribution in [2.45, 2.75) is 13.3 Å². The summed E-state index contributed by atoms with van der Waals surface area (Å²) in [5, 5.41) is 14.8. The summed E-state index contributed by atoms with van der Waals surface area (Å²) in [5.74, 6) is 0.903. The molecule has 0 aliphatic carbocycles. The van der Waals surface area contributed by atoms with Gasteiger partial charge in [0.25, 0.3) is 0 Å². The lowest BCUT2D eigenvalue weighted by Gasteiger charge is -2.12. The molecule has 3 nitrogen and oxygen atoms in total. The molecule has 3 heteroatoms. The molecule has 0 unspecified atom stereocenters. The normalized spacial score (nSPS) is 12.0. The molecule has 7 rings (SSSR count). The largest absolute Gasteiger partial charge is 0.292 e. The van der Waals surface area contributed by atoms with Crippen LogP contribution in [0.4, 0.5) is 0 Å². The summed E-state index contributed by atoms with van der Waals surface area (Å²) < 4.78 is 2.22. The topological polar surface area (TPSA) is 41.6 Å². The van der Waals surface area contributed by atoms with Gasteiger partial charge in [-0.15, -0.1) is 0 Å². The number of benzene rings is 6. The molecule has 204 valence electrons. The van der Waals surface area contributed by atoms with Gasteiger partial charge < -0.3 is 0 Å². The first-order valence-corrected chi connectivity index (χ1v) is 14.5. The molecule has 0 saturated carbocycles. The van der Waals surface area contributed by atoms with Crippen molar-refractivity contribution in [1.29, 1.82) is 5.26 Å². The molecule has 0 amide bonds. The van der Waals surface area contributed by atoms with E-state index in [0.29, 0.717) is 12.0 Å². The predicted octanol–water partition coefficient (Wildman–Crippen LogP) is 10.1. The predicted molar refractivity (Wildman–Crippen MR) is 179 cm³/mol. The number of hydrogen-bond acceptors (Lipinski definition) is 2. The molecule has 0 aliphatic heterocycles. The number of fused-ring (bicyclic) bond motifs is 4. The van der Waals surface area contributed by atoms with Gasteiger partial charge in [-0.3, -0.25) is 4.57 Å². The van der Waals surface area contributed by atoms with Crippen molar-refractivity contribution < 1.29 is 0 Å². The van der Waals surface area contributed by atoms with Gasteiger partial charge in [-0.1, -0.05) is 103 Å². The van der Waals surface area contributed by atoms with Crippen LogP contribution in [-0.4, -0.2) is 9.55 Å². The van der Waals surface area contributed by atoms with Crippen molar-refractivity contribution in [3.05, 3.63) is 163 Å². The molecular weight excluding hydrogens is 522 g/mol. The molecule has 0 bridgehead atoms. The van der Waals surface area contributed by atoms with Crippen molar-refractivity contribution >= 4 is 38.2 Å². The van der Waals surface area contributed by atoms with Gasteiger partial charge in [-0.25, -0.2) is 4.98 Å². The van der Waals surface area contributed by atoms with Crippen molar-refractivity contribution in [3.8, 4) is 22.9 Å². The van der Waals surface area contributed by atoms with Gasteiger partial charge in [0.05, 0.1) is 22.7 Å². The fourth-order valence-corrected chi connectivity index (χ4v) is 6.00. The van der Waals surface area contributed by atoms with E-state index >= 15 is 0 Å². The molecule has 0 saturated heterocycles. The van der Waals surface area contributed by atoms with E-state index in [1.807, 2.05) is 31.2 Å². The third-order valence-corrected chi connectivity index (χ3v) is 8.00. The van der Waals surface area contributed by atoms with Gasteiger partial charge in [0.1, 0.15) is 5.82 Å². The highest BCUT2D eigenvalue weighted by molar-refractivity contribution is 6.13. The number of nitrogens with zero attached hydrogens (tertiary/aromatic N) is 3. The molecule has 0 spiro atoms. The standard InChI is InChI=1S/C40H29N3/c1-2-30(40-42-38-21-10-11-22-39(38)43(40)33-16-4-3-5-17-33)15-12-13-28-23-29(27-41)25-32(24-28)37-26-31-14-6-7-18-34(31)35-19-8-9-20-36(35)37/h2-12,14-26H,13H2,1H3/b15-12-,30-2+. The van der Waals surface area contributed by atoms with Crippen molar-refractivity contribution in [3.63, 3.8) is 0 Å². The highest BCUT2D eigenvalue weighted by Gasteiger charge is 2.14. The fourth-order valence-electron chi connectivity index (χ4n) is 6.00. The molecular formula is C40H29N3. The van der Waals surface area contributed by atoms with E-state index in [1.54, 1.807) is 0 Å². The molecule has 1 aromatic heterocycles. The van der Waals surface area contributed by atoms with Crippen LogP contribution in [0.25, 0.3) is 55.0 Å². The van der Waals surface area contributed by atoms with E-state index in [9.17, 15) is 5.26 Å². The van der Waals surface area contributed by atoms with Gasteiger partial charge >= 0.3 is 0 Å². The quantitative estimate of drug-likeness (QED) is 0.152. The first-order chi connectivity index (χ1) is 21.2. The molecule has 7 aromatic rings. The molecule has 0 aliphatic rings. The van der Waals surface area contributed by atoms with E-state index in [1.165, 1.54) is 21.5 Å². The maximum Gasteiger partial charge on any atom is 0.145 e. The minimum Gasteiger partial charge on any atom is -0.292 e. The zero-order valence-electron chi connectivity index (χ0n) is 23.9. The SMILES string of the molecule is C/C=C(\C=C/Cc1cc(C#N)cc(-c2cc3ccccc3c3ccccc23)c1)c1nc2ccccc2n1-c1ccccc1. The Labute approximate surface area is 251 Å². The Balaban J connectivity index is 1.27. The van der Waals surface area contributed by atoms with Crippen LogP contribution in [0.3, 0.4) is 0 Å². The number of aromatic nitrogens is 2. The second kappa shape index (κ2) is 11.3. The molecule has 0 fully saturated rings. The zero-order valence-corrected chi connectivity index (χ0v) is 23.9. The molecule has 0 atom stereocenters. The lowest BCUT2D eigenvalue weighted by Crippen LogP contribution is -2.00. The van der Waals surface area contributed by atoms with Crippen molar-refractivity contribution in [2.75, 3.05) is 0 Å². The van der Waals surface area contributed by atoms with Crippen LogP contribution in [0.15, 0.2) is 146 Å². The summed E-state index contributed by atoms with van der Waals surface area (Å²) in [5.41, 5.74) is 8.10. The zero-order chi connectivity index (χ0) is 29.2. The minimum atomic E-state index is 0.662. The fraction of sp³-hybridized carbons (Fsp3) is 0.0500. The Morgan fingerprint density at radius 3 is 2.30 bits per heavy atom. The van der Waals surface area contributed by atoms with E-state index in [2.05, 4.69) is 132 Å². The lowest BCUT2D eigenvalue weighted by atomic mass is 9.91. The third-order valence-electron chi connectivity index (χ3n) is 8.00. The Morgan fingerprint density at radius 2 is 1.49 bits per heavy atom. The molecule has 43 heavy (non-hydrogen) atoms. The number of allylic oxidation sites excluding steroid dienone is 4. The van der Waals surface area contributed by atoms with Gasteiger partial charge in [0, 0.05) is 11.3 Å². The van der Waals surface area contributed by atoms with Crippen LogP contribution in [0.1, 0.15) is 23.9 Å². The Kier molecular flexibility index (Phi) is 6.87. The number of hydrogen-bond donors (Lipinski definition) is 0. The van der Waals surface area contributed by atoms with Crippen LogP contribution >= 0.6 is 0 Å². The second-order valence-electron chi connectivity index (χ2n) is 10.7. The van der Waals surface area contributed by atoms with Gasteiger partial charge in [-0.2, -0.15) is 5.26 Å². The third kappa shape index (κ3) is 4.90. The average molecular weight is 552 g/mol. The lowest BCUT2D eigenvalue weighted by molar-refractivity contribution is 1.06. The van der Waals surface area contributed by atoms with Crippen LogP contribution in [-0.2, 0) is 6.42 Å². The summed E-state index contributed by atoms with van der Waals surface area (Å²) in [6, 6.07) is 46.5. The maximum atomic E-state index is 9.94. The molecule has 6 aromatic carbocycles. The van der Waals surface area contributed by atoms with Crippen LogP contribution in [0, 0.1) is 11.3 Å². The van der Waals surface area contributed by atoms with E-state index in [-0.39, 0.29) is 0 Å². The summed E-state index contributed by atoms with van der Waals surface area (Å²) >= 11 is 0. The first kappa shape index (κ1) is 26.2. The average Bonchev–Trinajstić information content (AvgIpc) is 3.46. The van der Waals surface area contributed by atoms with Crippen LogP contribution < -0.4 is 0 Å². The second-order valence-corrected chi connectivity index (χ2v) is 10.7. The summed E-state index contributed by atoms with van der Waals surface area (Å²) in [6.07, 6.45) is 7.11. The maximum absolute atomic E-state index is 9.94. The molecule has 0 N–H and O–H groups in total. The highest BCUT2D eigenvalue weighted by atomic mass is 15.1. The minimum absolute atomic E-state index is 0.662. The number of imidazole rings is 1. The van der Waals surface area contributed by atoms with Crippen molar-refractivity contribution in [1.82, 2.24) is 9.55 Å². The van der Waals surface area contributed by atoms with Crippen LogP contribution in [0.2, 0.25) is 0 Å². The van der Waals surface area contributed by atoms with Crippen molar-refractivity contribution in [2.24, 2.45) is 0 Å². The highest BCUT2D eigenvalue weighted by Crippen LogP contribution is 2.36. The Hall–Kier alpha value is -5.72. The Bertz CT molecular complexity index is 2230. The summed E-state index contributed by atoms with van der Waals surface area (Å²) in [4.78, 5) is 5.02. The summed E-state index contributed by atoms with van der Waals surface area (Å²) in [6.45, 7) is 2.05. The van der Waals surface area contributed by atoms with Crippen LogP contribution in [0.5, 0.6) is 0 Å². The number of rotatable bonds is 6. The van der Waals surface area contributed by atoms with Gasteiger partial charge in [0.15, 0.2) is 0 Å². The Morgan fingerprint density at radius 1 is 0.767 bits per heavy atom.